The number of thiol groups is 1. The number of nitrogens with two attached hydrogens (primary N) is 3. The van der Waals surface area contributed by atoms with Crippen LogP contribution in [-0.2, 0) is 55.0 Å². The van der Waals surface area contributed by atoms with E-state index in [9.17, 15) is 38.0 Å². The second-order valence-electron chi connectivity index (χ2n) is 15.2. The lowest BCUT2D eigenvalue weighted by atomic mass is 10.1. The summed E-state index contributed by atoms with van der Waals surface area (Å²) >= 11 is 4.05. The number of aromatic amines is 1. The minimum absolute atomic E-state index is 0.0301. The van der Waals surface area contributed by atoms with E-state index >= 15 is 0 Å². The number of ether oxygens (including phenoxy) is 3. The van der Waals surface area contributed by atoms with Crippen LogP contribution < -0.4 is 28.5 Å². The predicted octanol–water partition coefficient (Wildman–Crippen LogP) is 1.06. The Morgan fingerprint density at radius 2 is 1.28 bits per heavy atom. The molecule has 8 heterocycles. The number of phosphoric ester groups is 3. The Bertz CT molecular complexity index is 2850. The molecule has 5 aromatic heterocycles. The van der Waals surface area contributed by atoms with Crippen LogP contribution in [-0.4, -0.2) is 125 Å². The first-order valence-electron chi connectivity index (χ1n) is 20.4. The van der Waals surface area contributed by atoms with Crippen molar-refractivity contribution in [2.45, 2.75) is 94.3 Å². The highest BCUT2D eigenvalue weighted by atomic mass is 32.1. The second kappa shape index (κ2) is 20.0. The number of anilines is 3. The fraction of sp³-hybridized carbons (Fsp3) is 0.576. The van der Waals surface area contributed by atoms with Crippen molar-refractivity contribution >= 4 is 76.0 Å². The van der Waals surface area contributed by atoms with E-state index < -0.39 is 103 Å². The summed E-state index contributed by atoms with van der Waals surface area (Å²) in [7, 11) is -15.0. The minimum atomic E-state index is -5.22. The average Bonchev–Trinajstić information content (AvgIpc) is 4.10. The number of imidazole rings is 2. The molecule has 0 saturated carbocycles. The molecule has 0 spiro atoms. The van der Waals surface area contributed by atoms with Gasteiger partial charge >= 0.3 is 29.2 Å². The molecule has 366 valence electrons. The maximum absolute atomic E-state index is 13.8. The van der Waals surface area contributed by atoms with Crippen molar-refractivity contribution in [3.05, 3.63) is 52.1 Å². The summed E-state index contributed by atoms with van der Waals surface area (Å²) in [4.78, 5) is 84.5. The van der Waals surface area contributed by atoms with Gasteiger partial charge in [-0.1, -0.05) is 6.92 Å². The molecule has 3 fully saturated rings. The fourth-order valence-corrected chi connectivity index (χ4v) is 10.7. The highest BCUT2D eigenvalue weighted by molar-refractivity contribution is 7.80. The van der Waals surface area contributed by atoms with Gasteiger partial charge < -0.3 is 46.1 Å². The Morgan fingerprint density at radius 1 is 0.746 bits per heavy atom. The average molecular weight is 1020 g/mol. The molecule has 0 radical (unpaired) electrons. The summed E-state index contributed by atoms with van der Waals surface area (Å²) in [6, 6.07) is 1.31. The first-order chi connectivity index (χ1) is 31.8. The SMILES string of the molecule is CC[C@H]1O[C@@H](n2cnc3c(N)ncnc32)CC1OP(=O)(O)OC[C@H]1O[C@@H](n2cnc3c(=O)[nH]c(N)nc32)CC1OP(=O)(O)OC[C@H]1O[C@@H](n2ccc(N)nc2=O)CC1OP(=O)(O)OCCCS. The van der Waals surface area contributed by atoms with Crippen LogP contribution in [0.3, 0.4) is 0 Å². The molecule has 10 N–H and O–H groups in total. The molecule has 34 heteroatoms. The smallest absolute Gasteiger partial charge is 0.383 e. The van der Waals surface area contributed by atoms with E-state index in [1.807, 2.05) is 0 Å². The van der Waals surface area contributed by atoms with E-state index in [-0.39, 0.29) is 54.6 Å². The van der Waals surface area contributed by atoms with Crippen LogP contribution in [0, 0.1) is 0 Å². The number of aromatic nitrogens is 10. The zero-order chi connectivity index (χ0) is 47.8. The summed E-state index contributed by atoms with van der Waals surface area (Å²) in [5.41, 5.74) is 16.4. The van der Waals surface area contributed by atoms with Crippen LogP contribution in [0.25, 0.3) is 22.3 Å². The molecule has 3 aliphatic heterocycles. The van der Waals surface area contributed by atoms with Crippen LogP contribution in [0.15, 0.2) is 40.8 Å². The molecule has 6 unspecified atom stereocenters. The van der Waals surface area contributed by atoms with E-state index in [1.54, 1.807) is 11.5 Å². The fourth-order valence-electron chi connectivity index (χ4n) is 7.67. The van der Waals surface area contributed by atoms with E-state index in [1.165, 1.54) is 35.8 Å². The van der Waals surface area contributed by atoms with Crippen LogP contribution in [0.1, 0.15) is 57.7 Å². The first kappa shape index (κ1) is 49.2. The normalized spacial score (nSPS) is 28.2. The molecular weight excluding hydrogens is 975 g/mol. The second-order valence-corrected chi connectivity index (χ2v) is 19.9. The minimum Gasteiger partial charge on any atom is -0.383 e. The molecule has 3 saturated heterocycles. The number of fused-ring (bicyclic) bond motifs is 2. The van der Waals surface area contributed by atoms with E-state index in [0.29, 0.717) is 29.8 Å². The lowest BCUT2D eigenvalue weighted by molar-refractivity contribution is -0.0584. The number of phosphoric acid groups is 3. The van der Waals surface area contributed by atoms with Crippen LogP contribution >= 0.6 is 36.1 Å². The zero-order valence-corrected chi connectivity index (χ0v) is 38.6. The van der Waals surface area contributed by atoms with Crippen molar-refractivity contribution in [3.63, 3.8) is 0 Å². The molecule has 3 aliphatic rings. The monoisotopic (exact) mass is 1020 g/mol. The van der Waals surface area contributed by atoms with Crippen molar-refractivity contribution in [1.82, 2.24) is 48.6 Å². The number of H-pyrrole nitrogens is 1. The number of nitrogen functional groups attached to an aromatic ring is 3. The van der Waals surface area contributed by atoms with Crippen molar-refractivity contribution in [2.75, 3.05) is 42.8 Å². The van der Waals surface area contributed by atoms with Gasteiger partial charge in [0, 0.05) is 25.5 Å². The van der Waals surface area contributed by atoms with Gasteiger partial charge in [0.2, 0.25) is 5.95 Å². The molecule has 67 heavy (non-hydrogen) atoms. The molecule has 0 bridgehead atoms. The summed E-state index contributed by atoms with van der Waals surface area (Å²) in [5, 5.41) is 0. The van der Waals surface area contributed by atoms with E-state index in [2.05, 4.69) is 47.5 Å². The van der Waals surface area contributed by atoms with E-state index in [0.717, 1.165) is 4.57 Å². The highest BCUT2D eigenvalue weighted by Crippen LogP contribution is 2.53. The zero-order valence-electron chi connectivity index (χ0n) is 35.0. The number of nitrogens with zero attached hydrogens (tertiary/aromatic N) is 9. The lowest BCUT2D eigenvalue weighted by Crippen LogP contribution is -2.31. The molecule has 0 aromatic carbocycles. The van der Waals surface area contributed by atoms with Crippen molar-refractivity contribution in [1.29, 1.82) is 0 Å². The standard InChI is InChI=1S/C33H46N13O17P3S/c1-2-16-17(8-24(58-16)45-14-39-26-28(35)37-13-38-29(26)45)61-65(51,52)56-12-21-19(10-25(60-21)46-15-40-27-30(46)42-32(36)43-31(27)47)63-66(53,54)57-11-20-18(62-64(49,50)55-6-3-7-67)9-23(59-20)44-5-4-22(34)41-33(44)48/h4-5,13-21,23-25,67H,2-3,6-12H2,1H3,(H,49,50)(H,51,52)(H,53,54)(H2,34,41,48)(H2,35,37,38)(H3,36,42,43,47)/t16-,17?,18?,19?,20-,21-,23-,24-,25-/m1/s1. The molecule has 5 aromatic rings. The van der Waals surface area contributed by atoms with Gasteiger partial charge in [-0.05, 0) is 24.7 Å². The Labute approximate surface area is 382 Å². The van der Waals surface area contributed by atoms with E-state index in [4.69, 9.17) is 58.6 Å². The number of nitrogens with one attached hydrogen (secondary N) is 1. The number of hydrogen-bond donors (Lipinski definition) is 8. The van der Waals surface area contributed by atoms with Gasteiger partial charge in [-0.15, -0.1) is 0 Å². The van der Waals surface area contributed by atoms with Gasteiger partial charge in [-0.2, -0.15) is 22.6 Å². The lowest BCUT2D eigenvalue weighted by Gasteiger charge is -2.25. The highest BCUT2D eigenvalue weighted by Gasteiger charge is 2.47. The summed E-state index contributed by atoms with van der Waals surface area (Å²) in [5.74, 6) is 0.156. The third kappa shape index (κ3) is 11.3. The summed E-state index contributed by atoms with van der Waals surface area (Å²) in [6.45, 7) is -0.00552. The predicted molar refractivity (Wildman–Crippen MR) is 231 cm³/mol. The van der Waals surface area contributed by atoms with Crippen molar-refractivity contribution < 1.29 is 69.7 Å². The van der Waals surface area contributed by atoms with Gasteiger partial charge in [0.1, 0.15) is 60.8 Å². The number of hydrogen-bond acceptors (Lipinski definition) is 24. The van der Waals surface area contributed by atoms with Gasteiger partial charge in [-0.25, -0.2) is 38.4 Å². The van der Waals surface area contributed by atoms with Gasteiger partial charge in [-0.3, -0.25) is 50.6 Å². The van der Waals surface area contributed by atoms with Crippen LogP contribution in [0.5, 0.6) is 0 Å². The molecule has 30 nitrogen and oxygen atoms in total. The van der Waals surface area contributed by atoms with Gasteiger partial charge in [0.25, 0.3) is 5.56 Å². The molecule has 12 atom stereocenters. The maximum atomic E-state index is 13.8. The molecule has 0 aliphatic carbocycles. The quantitative estimate of drug-likeness (QED) is 0.0307. The van der Waals surface area contributed by atoms with Gasteiger partial charge in [0.15, 0.2) is 22.6 Å². The van der Waals surface area contributed by atoms with Crippen molar-refractivity contribution in [2.24, 2.45) is 0 Å². The van der Waals surface area contributed by atoms with Crippen LogP contribution in [0.2, 0.25) is 0 Å². The van der Waals surface area contributed by atoms with Crippen LogP contribution in [0.4, 0.5) is 17.6 Å². The summed E-state index contributed by atoms with van der Waals surface area (Å²) < 4.78 is 94.7. The number of rotatable bonds is 20. The molecule has 8 rings (SSSR count). The Balaban J connectivity index is 0.979. The summed E-state index contributed by atoms with van der Waals surface area (Å²) in [6.07, 6.45) is -5.01. The molecule has 0 amide bonds. The third-order valence-corrected chi connectivity index (χ3v) is 14.1. The molecular formula is C33H46N13O17P3S. The van der Waals surface area contributed by atoms with Gasteiger partial charge in [0.05, 0.1) is 44.7 Å². The largest absolute Gasteiger partial charge is 0.472 e. The topological polar surface area (TPSA) is 415 Å². The Kier molecular flexibility index (Phi) is 14.7. The Hall–Kier alpha value is -4.26. The Morgan fingerprint density at radius 3 is 1.87 bits per heavy atom. The third-order valence-electron chi connectivity index (χ3n) is 10.7. The van der Waals surface area contributed by atoms with Crippen molar-refractivity contribution in [3.8, 4) is 0 Å². The maximum Gasteiger partial charge on any atom is 0.472 e. The first-order valence-corrected chi connectivity index (χ1v) is 25.5.